The van der Waals surface area contributed by atoms with Crippen LogP contribution in [0.25, 0.3) is 0 Å². The molecule has 0 aliphatic carbocycles. The van der Waals surface area contributed by atoms with Crippen LogP contribution in [0.3, 0.4) is 0 Å². The van der Waals surface area contributed by atoms with Crippen molar-refractivity contribution in [1.82, 2.24) is 0 Å². The number of ether oxygens (including phenoxy) is 1. The van der Waals surface area contributed by atoms with E-state index in [1.54, 1.807) is 62.7 Å². The van der Waals surface area contributed by atoms with Crippen molar-refractivity contribution in [3.05, 3.63) is 48.5 Å². The number of hydrogen-bond donors (Lipinski definition) is 1. The number of para-hydroxylation sites is 1. The highest BCUT2D eigenvalue weighted by Gasteiger charge is 2.24. The van der Waals surface area contributed by atoms with E-state index in [2.05, 4.69) is 5.32 Å². The van der Waals surface area contributed by atoms with Crippen molar-refractivity contribution in [1.29, 1.82) is 0 Å². The fraction of sp³-hybridized carbons (Fsp3) is 0.200. The van der Waals surface area contributed by atoms with Crippen LogP contribution >= 0.6 is 0 Å². The summed E-state index contributed by atoms with van der Waals surface area (Å²) in [6, 6.07) is 13.7. The highest BCUT2D eigenvalue weighted by atomic mass is 32.2. The van der Waals surface area contributed by atoms with Crippen molar-refractivity contribution in [2.24, 2.45) is 0 Å². The highest BCUT2D eigenvalue weighted by Crippen LogP contribution is 2.28. The molecule has 0 bridgehead atoms. The summed E-state index contributed by atoms with van der Waals surface area (Å²) in [6.45, 7) is 0. The molecule has 2 aromatic carbocycles. The van der Waals surface area contributed by atoms with Gasteiger partial charge in [0.25, 0.3) is 10.0 Å². The summed E-state index contributed by atoms with van der Waals surface area (Å²) in [5.74, 6) is 0.608. The Morgan fingerprint density at radius 3 is 2.48 bits per heavy atom. The van der Waals surface area contributed by atoms with E-state index < -0.39 is 10.0 Å². The molecule has 0 saturated heterocycles. The predicted molar refractivity (Wildman–Crippen MR) is 84.6 cm³/mol. The molecule has 0 aliphatic rings. The standard InChI is InChI=1S/C15H18N2O3S/c1-16-14-9-4-5-10-15(14)21(18,19)17(2)12-7-6-8-13(11-12)20-3/h4-11,16H,1-3H3. The van der Waals surface area contributed by atoms with Crippen LogP contribution in [0.5, 0.6) is 5.75 Å². The summed E-state index contributed by atoms with van der Waals surface area (Å²) >= 11 is 0. The van der Waals surface area contributed by atoms with Crippen molar-refractivity contribution in [2.75, 3.05) is 30.8 Å². The van der Waals surface area contributed by atoms with Gasteiger partial charge in [0.1, 0.15) is 10.6 Å². The van der Waals surface area contributed by atoms with Crippen molar-refractivity contribution in [3.63, 3.8) is 0 Å². The minimum Gasteiger partial charge on any atom is -0.497 e. The lowest BCUT2D eigenvalue weighted by Crippen LogP contribution is -2.27. The monoisotopic (exact) mass is 306 g/mol. The van der Waals surface area contributed by atoms with Crippen molar-refractivity contribution >= 4 is 21.4 Å². The number of nitrogens with one attached hydrogen (secondary N) is 1. The first-order valence-corrected chi connectivity index (χ1v) is 7.84. The van der Waals surface area contributed by atoms with Gasteiger partial charge in [-0.15, -0.1) is 0 Å². The molecule has 0 fully saturated rings. The lowest BCUT2D eigenvalue weighted by molar-refractivity contribution is 0.415. The van der Waals surface area contributed by atoms with Gasteiger partial charge in [-0.1, -0.05) is 18.2 Å². The largest absolute Gasteiger partial charge is 0.497 e. The Balaban J connectivity index is 2.47. The van der Waals surface area contributed by atoms with E-state index in [0.29, 0.717) is 17.1 Å². The normalized spacial score (nSPS) is 11.0. The summed E-state index contributed by atoms with van der Waals surface area (Å²) in [4.78, 5) is 0.234. The van der Waals surface area contributed by atoms with Crippen molar-refractivity contribution in [3.8, 4) is 5.75 Å². The Hall–Kier alpha value is -2.21. The quantitative estimate of drug-likeness (QED) is 0.922. The minimum atomic E-state index is -3.64. The minimum absolute atomic E-state index is 0.234. The molecule has 0 aliphatic heterocycles. The fourth-order valence-electron chi connectivity index (χ4n) is 1.99. The SMILES string of the molecule is CNc1ccccc1S(=O)(=O)N(C)c1cccc(OC)c1. The van der Waals surface area contributed by atoms with Crippen LogP contribution in [0.2, 0.25) is 0 Å². The fourth-order valence-corrected chi connectivity index (χ4v) is 3.38. The van der Waals surface area contributed by atoms with Gasteiger partial charge in [0.2, 0.25) is 0 Å². The Morgan fingerprint density at radius 2 is 1.81 bits per heavy atom. The first kappa shape index (κ1) is 15.2. The van der Waals surface area contributed by atoms with Crippen molar-refractivity contribution < 1.29 is 13.2 Å². The van der Waals surface area contributed by atoms with Crippen molar-refractivity contribution in [2.45, 2.75) is 4.90 Å². The van der Waals surface area contributed by atoms with Crippen LogP contribution in [-0.4, -0.2) is 29.6 Å². The smallest absolute Gasteiger partial charge is 0.266 e. The number of rotatable bonds is 5. The zero-order valence-electron chi connectivity index (χ0n) is 12.2. The Kier molecular flexibility index (Phi) is 4.37. The van der Waals surface area contributed by atoms with Gasteiger partial charge < -0.3 is 10.1 Å². The van der Waals surface area contributed by atoms with Crippen LogP contribution in [0, 0.1) is 0 Å². The van der Waals surface area contributed by atoms with E-state index in [9.17, 15) is 8.42 Å². The topological polar surface area (TPSA) is 58.6 Å². The second-order valence-corrected chi connectivity index (χ2v) is 6.36. The molecule has 0 heterocycles. The van der Waals surface area contributed by atoms with Crippen LogP contribution in [0.15, 0.2) is 53.4 Å². The number of hydrogen-bond acceptors (Lipinski definition) is 4. The summed E-state index contributed by atoms with van der Waals surface area (Å²) < 4.78 is 31.9. The predicted octanol–water partition coefficient (Wildman–Crippen LogP) is 2.56. The van der Waals surface area contributed by atoms with E-state index in [4.69, 9.17) is 4.74 Å². The summed E-state index contributed by atoms with van der Waals surface area (Å²) in [6.07, 6.45) is 0. The third-order valence-corrected chi connectivity index (χ3v) is 5.06. The zero-order chi connectivity index (χ0) is 15.5. The van der Waals surface area contributed by atoms with Crippen LogP contribution in [0.4, 0.5) is 11.4 Å². The van der Waals surface area contributed by atoms with Gasteiger partial charge in [-0.25, -0.2) is 8.42 Å². The zero-order valence-corrected chi connectivity index (χ0v) is 13.0. The molecule has 0 atom stereocenters. The van der Waals surface area contributed by atoms with Crippen LogP contribution in [0.1, 0.15) is 0 Å². The van der Waals surface area contributed by atoms with Gasteiger partial charge in [0.05, 0.1) is 18.5 Å². The average molecular weight is 306 g/mol. The molecule has 2 rings (SSSR count). The van der Waals surface area contributed by atoms with Crippen LogP contribution in [-0.2, 0) is 10.0 Å². The van der Waals surface area contributed by atoms with Gasteiger partial charge in [0, 0.05) is 20.2 Å². The summed E-state index contributed by atoms with van der Waals surface area (Å²) in [7, 11) is 1.12. The first-order chi connectivity index (χ1) is 10.0. The molecule has 5 nitrogen and oxygen atoms in total. The van der Waals surface area contributed by atoms with E-state index in [1.807, 2.05) is 0 Å². The van der Waals surface area contributed by atoms with Gasteiger partial charge in [-0.05, 0) is 24.3 Å². The number of benzene rings is 2. The summed E-state index contributed by atoms with van der Waals surface area (Å²) in [5, 5.41) is 2.90. The van der Waals surface area contributed by atoms with E-state index in [1.165, 1.54) is 11.4 Å². The molecule has 0 unspecified atom stereocenters. The van der Waals surface area contributed by atoms with E-state index in [0.717, 1.165) is 0 Å². The first-order valence-electron chi connectivity index (χ1n) is 6.40. The molecule has 0 aromatic heterocycles. The third-order valence-electron chi connectivity index (χ3n) is 3.21. The van der Waals surface area contributed by atoms with E-state index in [-0.39, 0.29) is 4.90 Å². The molecule has 0 saturated carbocycles. The number of sulfonamides is 1. The molecule has 0 amide bonds. The average Bonchev–Trinajstić information content (AvgIpc) is 2.54. The second kappa shape index (κ2) is 6.05. The Bertz CT molecular complexity index is 729. The van der Waals surface area contributed by atoms with Gasteiger partial charge in [-0.2, -0.15) is 0 Å². The maximum absolute atomic E-state index is 12.8. The molecular weight excluding hydrogens is 288 g/mol. The maximum atomic E-state index is 12.8. The molecule has 6 heteroatoms. The number of anilines is 2. The van der Waals surface area contributed by atoms with Gasteiger partial charge >= 0.3 is 0 Å². The molecule has 112 valence electrons. The second-order valence-electron chi connectivity index (χ2n) is 4.42. The summed E-state index contributed by atoms with van der Waals surface area (Å²) in [5.41, 5.74) is 1.10. The van der Waals surface area contributed by atoms with Gasteiger partial charge in [0.15, 0.2) is 0 Å². The van der Waals surface area contributed by atoms with E-state index >= 15 is 0 Å². The lowest BCUT2D eigenvalue weighted by atomic mass is 10.3. The molecule has 21 heavy (non-hydrogen) atoms. The third kappa shape index (κ3) is 2.95. The molecular formula is C15H18N2O3S. The lowest BCUT2D eigenvalue weighted by Gasteiger charge is -2.21. The highest BCUT2D eigenvalue weighted by molar-refractivity contribution is 7.93. The number of nitrogens with zero attached hydrogens (tertiary/aromatic N) is 1. The molecule has 1 N–H and O–H groups in total. The molecule has 0 spiro atoms. The Labute approximate surface area is 125 Å². The Morgan fingerprint density at radius 1 is 1.10 bits per heavy atom. The molecule has 0 radical (unpaired) electrons. The molecule has 2 aromatic rings. The maximum Gasteiger partial charge on any atom is 0.266 e. The number of methoxy groups -OCH3 is 1. The van der Waals surface area contributed by atoms with Crippen LogP contribution < -0.4 is 14.4 Å². The van der Waals surface area contributed by atoms with Gasteiger partial charge in [-0.3, -0.25) is 4.31 Å².